The molecule has 1 atom stereocenters. The first-order chi connectivity index (χ1) is 9.95. The second-order valence-electron chi connectivity index (χ2n) is 4.76. The van der Waals surface area contributed by atoms with E-state index in [9.17, 15) is 4.79 Å². The lowest BCUT2D eigenvalue weighted by molar-refractivity contribution is -0.119. The average Bonchev–Trinajstić information content (AvgIpc) is 2.40. The standard InChI is InChI=1S/C15H17BrN4O/c1-9(19-10(2)21)11-3-4-14(13(17)7-11)20-12-5-6-18-15(16)8-12/h3-9H,17H2,1-2H3,(H,18,20)(H,19,21). The van der Waals surface area contributed by atoms with Gasteiger partial charge in [-0.05, 0) is 52.7 Å². The highest BCUT2D eigenvalue weighted by atomic mass is 79.9. The quantitative estimate of drug-likeness (QED) is 0.584. The molecule has 0 fully saturated rings. The molecular formula is C15H17BrN4O. The van der Waals surface area contributed by atoms with Crippen molar-refractivity contribution in [2.75, 3.05) is 11.1 Å². The van der Waals surface area contributed by atoms with Crippen LogP contribution in [0.25, 0.3) is 0 Å². The van der Waals surface area contributed by atoms with Gasteiger partial charge in [-0.15, -0.1) is 0 Å². The molecule has 1 aromatic carbocycles. The highest BCUT2D eigenvalue weighted by molar-refractivity contribution is 9.10. The van der Waals surface area contributed by atoms with E-state index < -0.39 is 0 Å². The van der Waals surface area contributed by atoms with Crippen LogP contribution < -0.4 is 16.4 Å². The summed E-state index contributed by atoms with van der Waals surface area (Å²) in [4.78, 5) is 15.2. The molecule has 0 bridgehead atoms. The Labute approximate surface area is 132 Å². The molecule has 1 heterocycles. The van der Waals surface area contributed by atoms with Crippen molar-refractivity contribution in [3.05, 3.63) is 46.7 Å². The Hall–Kier alpha value is -2.08. The lowest BCUT2D eigenvalue weighted by Gasteiger charge is -2.16. The van der Waals surface area contributed by atoms with Crippen LogP contribution in [0.1, 0.15) is 25.5 Å². The molecule has 0 radical (unpaired) electrons. The van der Waals surface area contributed by atoms with Gasteiger partial charge in [0.2, 0.25) is 5.91 Å². The molecule has 0 saturated heterocycles. The number of nitrogens with two attached hydrogens (primary N) is 1. The highest BCUT2D eigenvalue weighted by Crippen LogP contribution is 2.27. The smallest absolute Gasteiger partial charge is 0.217 e. The molecule has 0 aliphatic rings. The van der Waals surface area contributed by atoms with Crippen molar-refractivity contribution in [2.24, 2.45) is 0 Å². The van der Waals surface area contributed by atoms with Crippen molar-refractivity contribution in [3.63, 3.8) is 0 Å². The third-order valence-corrected chi connectivity index (χ3v) is 3.43. The molecule has 21 heavy (non-hydrogen) atoms. The summed E-state index contributed by atoms with van der Waals surface area (Å²) in [5, 5.41) is 6.07. The zero-order valence-corrected chi connectivity index (χ0v) is 13.4. The van der Waals surface area contributed by atoms with Crippen LogP contribution in [0.3, 0.4) is 0 Å². The first-order valence-corrected chi connectivity index (χ1v) is 7.30. The normalized spacial score (nSPS) is 11.8. The zero-order chi connectivity index (χ0) is 15.4. The second-order valence-corrected chi connectivity index (χ2v) is 5.57. The van der Waals surface area contributed by atoms with Gasteiger partial charge in [-0.2, -0.15) is 0 Å². The van der Waals surface area contributed by atoms with E-state index in [1.807, 2.05) is 37.3 Å². The molecule has 0 aliphatic heterocycles. The number of aromatic nitrogens is 1. The third kappa shape index (κ3) is 4.19. The molecule has 1 amide bonds. The number of pyridine rings is 1. The minimum Gasteiger partial charge on any atom is -0.397 e. The molecule has 6 heteroatoms. The van der Waals surface area contributed by atoms with Crippen molar-refractivity contribution >= 4 is 38.9 Å². The molecular weight excluding hydrogens is 332 g/mol. The van der Waals surface area contributed by atoms with Gasteiger partial charge in [-0.3, -0.25) is 4.79 Å². The maximum absolute atomic E-state index is 11.1. The number of halogens is 1. The Kier molecular flexibility index (Phi) is 4.80. The number of nitrogens with zero attached hydrogens (tertiary/aromatic N) is 1. The van der Waals surface area contributed by atoms with Gasteiger partial charge >= 0.3 is 0 Å². The minimum atomic E-state index is -0.0751. The van der Waals surface area contributed by atoms with Crippen molar-refractivity contribution in [3.8, 4) is 0 Å². The number of hydrogen-bond acceptors (Lipinski definition) is 4. The second kappa shape index (κ2) is 6.58. The Bertz CT molecular complexity index is 660. The number of nitrogen functional groups attached to an aromatic ring is 1. The fourth-order valence-corrected chi connectivity index (χ4v) is 2.35. The third-order valence-electron chi connectivity index (χ3n) is 3.00. The van der Waals surface area contributed by atoms with Gasteiger partial charge in [-0.1, -0.05) is 6.07 Å². The molecule has 0 saturated carbocycles. The summed E-state index contributed by atoms with van der Waals surface area (Å²) in [5.41, 5.74) is 9.36. The highest BCUT2D eigenvalue weighted by Gasteiger charge is 2.09. The molecule has 110 valence electrons. The fourth-order valence-electron chi connectivity index (χ4n) is 1.99. The lowest BCUT2D eigenvalue weighted by Crippen LogP contribution is -2.23. The van der Waals surface area contributed by atoms with Gasteiger partial charge in [0.1, 0.15) is 4.60 Å². The van der Waals surface area contributed by atoms with Gasteiger partial charge in [0.05, 0.1) is 17.4 Å². The molecule has 4 N–H and O–H groups in total. The van der Waals surface area contributed by atoms with E-state index in [0.29, 0.717) is 5.69 Å². The summed E-state index contributed by atoms with van der Waals surface area (Å²) in [6.45, 7) is 3.42. The number of anilines is 3. The first-order valence-electron chi connectivity index (χ1n) is 6.51. The number of carbonyl (C=O) groups is 1. The Morgan fingerprint density at radius 1 is 1.33 bits per heavy atom. The molecule has 0 spiro atoms. The van der Waals surface area contributed by atoms with Crippen LogP contribution in [0.15, 0.2) is 41.1 Å². The topological polar surface area (TPSA) is 80.0 Å². The maximum atomic E-state index is 11.1. The molecule has 2 rings (SSSR count). The number of rotatable bonds is 4. The van der Waals surface area contributed by atoms with E-state index in [0.717, 1.165) is 21.5 Å². The largest absolute Gasteiger partial charge is 0.397 e. The minimum absolute atomic E-state index is 0.0649. The van der Waals surface area contributed by atoms with E-state index in [1.54, 1.807) is 6.20 Å². The molecule has 5 nitrogen and oxygen atoms in total. The number of hydrogen-bond donors (Lipinski definition) is 3. The number of benzene rings is 1. The molecule has 1 aromatic heterocycles. The Morgan fingerprint density at radius 3 is 2.71 bits per heavy atom. The van der Waals surface area contributed by atoms with Gasteiger partial charge in [-0.25, -0.2) is 4.98 Å². The van der Waals surface area contributed by atoms with E-state index in [1.165, 1.54) is 6.92 Å². The fraction of sp³-hybridized carbons (Fsp3) is 0.200. The van der Waals surface area contributed by atoms with Gasteiger partial charge in [0, 0.05) is 18.8 Å². The molecule has 1 unspecified atom stereocenters. The summed E-state index contributed by atoms with van der Waals surface area (Å²) in [7, 11) is 0. The Balaban J connectivity index is 2.17. The van der Waals surface area contributed by atoms with Gasteiger partial charge in [0.15, 0.2) is 0 Å². The van der Waals surface area contributed by atoms with E-state index in [-0.39, 0.29) is 11.9 Å². The summed E-state index contributed by atoms with van der Waals surface area (Å²) in [6.07, 6.45) is 1.70. The first kappa shape index (κ1) is 15.3. The molecule has 0 aliphatic carbocycles. The van der Waals surface area contributed by atoms with Crippen LogP contribution in [0.4, 0.5) is 17.1 Å². The van der Waals surface area contributed by atoms with E-state index in [4.69, 9.17) is 5.73 Å². The van der Waals surface area contributed by atoms with E-state index >= 15 is 0 Å². The lowest BCUT2D eigenvalue weighted by atomic mass is 10.1. The number of nitrogens with one attached hydrogen (secondary N) is 2. The van der Waals surface area contributed by atoms with Crippen LogP contribution >= 0.6 is 15.9 Å². The monoisotopic (exact) mass is 348 g/mol. The van der Waals surface area contributed by atoms with Crippen molar-refractivity contribution < 1.29 is 4.79 Å². The summed E-state index contributed by atoms with van der Waals surface area (Å²) in [6, 6.07) is 9.35. The van der Waals surface area contributed by atoms with Crippen LogP contribution in [-0.2, 0) is 4.79 Å². The van der Waals surface area contributed by atoms with Gasteiger partial charge in [0.25, 0.3) is 0 Å². The number of carbonyl (C=O) groups excluding carboxylic acids is 1. The Morgan fingerprint density at radius 2 is 2.10 bits per heavy atom. The predicted octanol–water partition coefficient (Wildman–Crippen LogP) is 3.37. The maximum Gasteiger partial charge on any atom is 0.217 e. The van der Waals surface area contributed by atoms with Gasteiger partial charge < -0.3 is 16.4 Å². The number of amides is 1. The van der Waals surface area contributed by atoms with E-state index in [2.05, 4.69) is 31.5 Å². The van der Waals surface area contributed by atoms with Crippen LogP contribution in [0.5, 0.6) is 0 Å². The van der Waals surface area contributed by atoms with Crippen molar-refractivity contribution in [1.29, 1.82) is 0 Å². The van der Waals surface area contributed by atoms with Crippen molar-refractivity contribution in [1.82, 2.24) is 10.3 Å². The summed E-state index contributed by atoms with van der Waals surface area (Å²) >= 11 is 3.33. The average molecular weight is 349 g/mol. The van der Waals surface area contributed by atoms with Crippen LogP contribution in [0, 0.1) is 0 Å². The SMILES string of the molecule is CC(=O)NC(C)c1ccc(Nc2ccnc(Br)c2)c(N)c1. The molecule has 2 aromatic rings. The van der Waals surface area contributed by atoms with Crippen LogP contribution in [-0.4, -0.2) is 10.9 Å². The summed E-state index contributed by atoms with van der Waals surface area (Å²) in [5.74, 6) is -0.0649. The zero-order valence-electron chi connectivity index (χ0n) is 11.9. The predicted molar refractivity (Wildman–Crippen MR) is 88.3 cm³/mol. The van der Waals surface area contributed by atoms with Crippen molar-refractivity contribution in [2.45, 2.75) is 19.9 Å². The summed E-state index contributed by atoms with van der Waals surface area (Å²) < 4.78 is 0.752. The van der Waals surface area contributed by atoms with Crippen LogP contribution in [0.2, 0.25) is 0 Å².